The molecule has 0 saturated heterocycles. The Labute approximate surface area is 163 Å². The molecular weight excluding hydrogens is 374 g/mol. The number of para-hydroxylation sites is 2. The van der Waals surface area contributed by atoms with Crippen LogP contribution in [0.25, 0.3) is 0 Å². The summed E-state index contributed by atoms with van der Waals surface area (Å²) in [4.78, 5) is 13.4. The number of ether oxygens (including phenoxy) is 1. The molecule has 0 fully saturated rings. The number of sulfone groups is 1. The molecule has 142 valence electrons. The minimum Gasteiger partial charge on any atom is -0.457 e. The van der Waals surface area contributed by atoms with Crippen molar-refractivity contribution in [2.24, 2.45) is 0 Å². The maximum absolute atomic E-state index is 13.1. The van der Waals surface area contributed by atoms with Crippen LogP contribution in [0.15, 0.2) is 77.7 Å². The highest BCUT2D eigenvalue weighted by Gasteiger charge is 2.32. The van der Waals surface area contributed by atoms with Crippen LogP contribution in [0.2, 0.25) is 0 Å². The van der Waals surface area contributed by atoms with E-state index < -0.39 is 15.8 Å². The molecule has 0 spiro atoms. The van der Waals surface area contributed by atoms with E-state index in [0.29, 0.717) is 17.2 Å². The van der Waals surface area contributed by atoms with Crippen LogP contribution in [-0.2, 0) is 14.6 Å². The van der Waals surface area contributed by atoms with E-state index in [0.717, 1.165) is 11.1 Å². The standard InChI is InChI=1S/C22H19NO4S/c1-2-28(25,26)16-13-11-15(12-14-16)23-22(24)21-17-7-3-5-9-19(17)27-20-10-6-4-8-18(20)21/h3-14,21H,2H2,1H3,(H,23,24). The molecule has 0 aliphatic carbocycles. The molecule has 6 heteroatoms. The van der Waals surface area contributed by atoms with Gasteiger partial charge in [-0.3, -0.25) is 4.79 Å². The minimum atomic E-state index is -3.27. The van der Waals surface area contributed by atoms with E-state index in [9.17, 15) is 13.2 Å². The zero-order valence-corrected chi connectivity index (χ0v) is 16.1. The van der Waals surface area contributed by atoms with E-state index in [1.54, 1.807) is 19.1 Å². The third kappa shape index (κ3) is 3.27. The molecule has 28 heavy (non-hydrogen) atoms. The van der Waals surface area contributed by atoms with Gasteiger partial charge in [-0.15, -0.1) is 0 Å². The fourth-order valence-electron chi connectivity index (χ4n) is 3.32. The van der Waals surface area contributed by atoms with Gasteiger partial charge in [0.1, 0.15) is 11.5 Å². The van der Waals surface area contributed by atoms with Gasteiger partial charge in [-0.25, -0.2) is 8.42 Å². The van der Waals surface area contributed by atoms with Gasteiger partial charge in [0, 0.05) is 16.8 Å². The minimum absolute atomic E-state index is 0.0361. The highest BCUT2D eigenvalue weighted by atomic mass is 32.2. The topological polar surface area (TPSA) is 72.5 Å². The molecule has 0 bridgehead atoms. The average Bonchev–Trinajstić information content (AvgIpc) is 2.72. The van der Waals surface area contributed by atoms with Gasteiger partial charge < -0.3 is 10.1 Å². The Hall–Kier alpha value is -3.12. The van der Waals surface area contributed by atoms with E-state index in [2.05, 4.69) is 5.32 Å². The van der Waals surface area contributed by atoms with E-state index in [4.69, 9.17) is 4.74 Å². The molecule has 5 nitrogen and oxygen atoms in total. The van der Waals surface area contributed by atoms with Crippen LogP contribution in [0.5, 0.6) is 11.5 Å². The number of benzene rings is 3. The first-order valence-corrected chi connectivity index (χ1v) is 10.6. The number of fused-ring (bicyclic) bond motifs is 2. The predicted octanol–water partition coefficient (Wildman–Crippen LogP) is 4.36. The molecule has 1 amide bonds. The zero-order valence-electron chi connectivity index (χ0n) is 15.3. The van der Waals surface area contributed by atoms with Gasteiger partial charge in [0.05, 0.1) is 16.6 Å². The largest absolute Gasteiger partial charge is 0.457 e. The summed E-state index contributed by atoms with van der Waals surface area (Å²) in [6.07, 6.45) is 0. The van der Waals surface area contributed by atoms with Gasteiger partial charge in [-0.05, 0) is 36.4 Å². The van der Waals surface area contributed by atoms with E-state index in [1.807, 2.05) is 48.5 Å². The number of carbonyl (C=O) groups excluding carboxylic acids is 1. The van der Waals surface area contributed by atoms with Crippen molar-refractivity contribution in [2.45, 2.75) is 17.7 Å². The van der Waals surface area contributed by atoms with Crippen LogP contribution in [0, 0.1) is 0 Å². The van der Waals surface area contributed by atoms with Crippen molar-refractivity contribution in [3.05, 3.63) is 83.9 Å². The summed E-state index contributed by atoms with van der Waals surface area (Å²) < 4.78 is 29.8. The van der Waals surface area contributed by atoms with Crippen molar-refractivity contribution in [1.82, 2.24) is 0 Å². The lowest BCUT2D eigenvalue weighted by Gasteiger charge is -2.27. The molecule has 1 aliphatic heterocycles. The second-order valence-corrected chi connectivity index (χ2v) is 8.81. The Morgan fingerprint density at radius 1 is 0.893 bits per heavy atom. The Kier molecular flexibility index (Phi) is 4.65. The highest BCUT2D eigenvalue weighted by molar-refractivity contribution is 7.91. The third-order valence-electron chi connectivity index (χ3n) is 4.80. The molecule has 0 saturated carbocycles. The van der Waals surface area contributed by atoms with E-state index in [1.165, 1.54) is 12.1 Å². The van der Waals surface area contributed by atoms with Crippen molar-refractivity contribution in [3.63, 3.8) is 0 Å². The Bertz CT molecular complexity index is 1090. The van der Waals surface area contributed by atoms with Crippen LogP contribution in [0.1, 0.15) is 24.0 Å². The van der Waals surface area contributed by atoms with E-state index in [-0.39, 0.29) is 16.6 Å². The molecule has 4 rings (SSSR count). The maximum atomic E-state index is 13.1. The van der Waals surface area contributed by atoms with Gasteiger partial charge in [0.2, 0.25) is 5.91 Å². The third-order valence-corrected chi connectivity index (χ3v) is 6.55. The fraction of sp³-hybridized carbons (Fsp3) is 0.136. The number of rotatable bonds is 4. The predicted molar refractivity (Wildman–Crippen MR) is 108 cm³/mol. The Balaban J connectivity index is 1.66. The SMILES string of the molecule is CCS(=O)(=O)c1ccc(NC(=O)C2c3ccccc3Oc3ccccc32)cc1. The number of nitrogens with one attached hydrogen (secondary N) is 1. The van der Waals surface area contributed by atoms with Gasteiger partial charge in [0.25, 0.3) is 0 Å². The summed E-state index contributed by atoms with van der Waals surface area (Å²) in [6.45, 7) is 1.60. The summed E-state index contributed by atoms with van der Waals surface area (Å²) >= 11 is 0. The van der Waals surface area contributed by atoms with Crippen molar-refractivity contribution in [1.29, 1.82) is 0 Å². The molecule has 1 N–H and O–H groups in total. The molecule has 1 aliphatic rings. The average molecular weight is 393 g/mol. The first-order chi connectivity index (χ1) is 13.5. The summed E-state index contributed by atoms with van der Waals surface area (Å²) in [5.41, 5.74) is 2.13. The summed E-state index contributed by atoms with van der Waals surface area (Å²) in [5, 5.41) is 2.90. The normalized spacial score (nSPS) is 13.2. The van der Waals surface area contributed by atoms with Gasteiger partial charge in [-0.1, -0.05) is 43.3 Å². The van der Waals surface area contributed by atoms with Crippen molar-refractivity contribution < 1.29 is 17.9 Å². The molecule has 0 aromatic heterocycles. The quantitative estimate of drug-likeness (QED) is 0.715. The van der Waals surface area contributed by atoms with Crippen LogP contribution < -0.4 is 10.1 Å². The zero-order chi connectivity index (χ0) is 19.7. The fourth-order valence-corrected chi connectivity index (χ4v) is 4.20. The summed E-state index contributed by atoms with van der Waals surface area (Å²) in [6, 6.07) is 21.2. The van der Waals surface area contributed by atoms with Crippen LogP contribution >= 0.6 is 0 Å². The maximum Gasteiger partial charge on any atom is 0.236 e. The second kappa shape index (κ2) is 7.13. The Morgan fingerprint density at radius 2 is 1.43 bits per heavy atom. The van der Waals surface area contributed by atoms with Gasteiger partial charge in [-0.2, -0.15) is 0 Å². The van der Waals surface area contributed by atoms with Crippen LogP contribution in [0.3, 0.4) is 0 Å². The molecule has 0 atom stereocenters. The lowest BCUT2D eigenvalue weighted by molar-refractivity contribution is -0.116. The first-order valence-electron chi connectivity index (χ1n) is 8.99. The van der Waals surface area contributed by atoms with Gasteiger partial charge in [0.15, 0.2) is 9.84 Å². The molecule has 1 heterocycles. The highest BCUT2D eigenvalue weighted by Crippen LogP contribution is 2.44. The smallest absolute Gasteiger partial charge is 0.236 e. The Morgan fingerprint density at radius 3 is 1.96 bits per heavy atom. The number of carbonyl (C=O) groups is 1. The van der Waals surface area contributed by atoms with Crippen LogP contribution in [0.4, 0.5) is 5.69 Å². The molecule has 0 radical (unpaired) electrons. The molecular formula is C22H19NO4S. The first kappa shape index (κ1) is 18.3. The molecule has 0 unspecified atom stereocenters. The number of hydrogen-bond donors (Lipinski definition) is 1. The lowest BCUT2D eigenvalue weighted by atomic mass is 9.87. The molecule has 3 aromatic rings. The van der Waals surface area contributed by atoms with Gasteiger partial charge >= 0.3 is 0 Å². The van der Waals surface area contributed by atoms with E-state index >= 15 is 0 Å². The lowest BCUT2D eigenvalue weighted by Crippen LogP contribution is -2.25. The summed E-state index contributed by atoms with van der Waals surface area (Å²) in [5.74, 6) is 0.639. The van der Waals surface area contributed by atoms with Crippen molar-refractivity contribution in [3.8, 4) is 11.5 Å². The second-order valence-electron chi connectivity index (χ2n) is 6.53. The van der Waals surface area contributed by atoms with Crippen LogP contribution in [-0.4, -0.2) is 20.1 Å². The van der Waals surface area contributed by atoms with Crippen molar-refractivity contribution >= 4 is 21.4 Å². The molecule has 3 aromatic carbocycles. The monoisotopic (exact) mass is 393 g/mol. The summed E-state index contributed by atoms with van der Waals surface area (Å²) in [7, 11) is -3.27. The number of amides is 1. The van der Waals surface area contributed by atoms with Crippen molar-refractivity contribution in [2.75, 3.05) is 11.1 Å². The number of hydrogen-bond acceptors (Lipinski definition) is 4. The number of anilines is 1.